The number of nitrogens with one attached hydrogen (secondary N) is 1. The molecule has 0 bridgehead atoms. The van der Waals surface area contributed by atoms with E-state index in [2.05, 4.69) is 10.2 Å². The standard InChI is InChI=1S/C16H23N3O3S/c20-15(17-10-14-2-1-7-22-14)12-18-4-3-13(11-18)16(21)19-5-8-23-9-6-19/h1-2,7,13H,3-6,8-12H2,(H,17,20). The largest absolute Gasteiger partial charge is 0.467 e. The highest BCUT2D eigenvalue weighted by Crippen LogP contribution is 2.20. The maximum Gasteiger partial charge on any atom is 0.234 e. The Morgan fingerprint density at radius 3 is 2.87 bits per heavy atom. The molecule has 1 N–H and O–H groups in total. The topological polar surface area (TPSA) is 65.8 Å². The smallest absolute Gasteiger partial charge is 0.234 e. The van der Waals surface area contributed by atoms with Gasteiger partial charge in [-0.15, -0.1) is 0 Å². The fourth-order valence-electron chi connectivity index (χ4n) is 3.08. The van der Waals surface area contributed by atoms with Crippen molar-refractivity contribution in [2.75, 3.05) is 44.2 Å². The molecule has 7 heteroatoms. The first-order chi connectivity index (χ1) is 11.2. The molecule has 2 amide bonds. The van der Waals surface area contributed by atoms with Crippen LogP contribution in [0.3, 0.4) is 0 Å². The number of nitrogens with zero attached hydrogens (tertiary/aromatic N) is 2. The second kappa shape index (κ2) is 7.88. The quantitative estimate of drug-likeness (QED) is 0.861. The Morgan fingerprint density at radius 1 is 1.30 bits per heavy atom. The lowest BCUT2D eigenvalue weighted by Gasteiger charge is -2.28. The van der Waals surface area contributed by atoms with Crippen LogP contribution in [-0.4, -0.2) is 65.8 Å². The van der Waals surface area contributed by atoms with E-state index in [1.54, 1.807) is 12.3 Å². The molecule has 1 unspecified atom stereocenters. The Labute approximate surface area is 140 Å². The first-order valence-corrected chi connectivity index (χ1v) is 9.26. The zero-order valence-electron chi connectivity index (χ0n) is 13.2. The molecule has 0 spiro atoms. The Bertz CT molecular complexity index is 529. The summed E-state index contributed by atoms with van der Waals surface area (Å²) in [6, 6.07) is 3.64. The third kappa shape index (κ3) is 4.51. The average molecular weight is 337 g/mol. The summed E-state index contributed by atoms with van der Waals surface area (Å²) in [5.74, 6) is 3.12. The fourth-order valence-corrected chi connectivity index (χ4v) is 3.98. The van der Waals surface area contributed by atoms with Crippen molar-refractivity contribution < 1.29 is 14.0 Å². The van der Waals surface area contributed by atoms with E-state index in [0.29, 0.717) is 19.6 Å². The average Bonchev–Trinajstić information content (AvgIpc) is 3.25. The summed E-state index contributed by atoms with van der Waals surface area (Å²) in [7, 11) is 0. The van der Waals surface area contributed by atoms with E-state index in [-0.39, 0.29) is 17.7 Å². The van der Waals surface area contributed by atoms with Crippen molar-refractivity contribution in [1.29, 1.82) is 0 Å². The maximum atomic E-state index is 12.5. The predicted molar refractivity (Wildman–Crippen MR) is 89.0 cm³/mol. The van der Waals surface area contributed by atoms with E-state index in [1.807, 2.05) is 22.7 Å². The molecule has 0 saturated carbocycles. The number of hydrogen-bond acceptors (Lipinski definition) is 5. The van der Waals surface area contributed by atoms with Crippen LogP contribution in [0.15, 0.2) is 22.8 Å². The first kappa shape index (κ1) is 16.4. The number of likely N-dealkylation sites (tertiary alicyclic amines) is 1. The number of hydrogen-bond donors (Lipinski definition) is 1. The van der Waals surface area contributed by atoms with E-state index in [1.165, 1.54) is 0 Å². The summed E-state index contributed by atoms with van der Waals surface area (Å²) in [5.41, 5.74) is 0. The van der Waals surface area contributed by atoms with Crippen molar-refractivity contribution in [2.45, 2.75) is 13.0 Å². The zero-order valence-corrected chi connectivity index (χ0v) is 14.0. The number of carbonyl (C=O) groups is 2. The highest BCUT2D eigenvalue weighted by atomic mass is 32.2. The van der Waals surface area contributed by atoms with E-state index in [4.69, 9.17) is 4.42 Å². The molecule has 2 fully saturated rings. The van der Waals surface area contributed by atoms with Crippen LogP contribution in [0.1, 0.15) is 12.2 Å². The Morgan fingerprint density at radius 2 is 2.13 bits per heavy atom. The summed E-state index contributed by atoms with van der Waals surface area (Å²) in [5, 5.41) is 2.85. The lowest BCUT2D eigenvalue weighted by atomic mass is 10.1. The molecule has 0 radical (unpaired) electrons. The van der Waals surface area contributed by atoms with Gasteiger partial charge in [-0.3, -0.25) is 14.5 Å². The first-order valence-electron chi connectivity index (χ1n) is 8.10. The van der Waals surface area contributed by atoms with Gasteiger partial charge in [0.2, 0.25) is 11.8 Å². The Hall–Kier alpha value is -1.47. The number of amides is 2. The molecule has 2 aliphatic heterocycles. The minimum atomic E-state index is -0.0242. The van der Waals surface area contributed by atoms with Gasteiger partial charge in [0.15, 0.2) is 0 Å². The third-order valence-electron chi connectivity index (χ3n) is 4.35. The monoisotopic (exact) mass is 337 g/mol. The van der Waals surface area contributed by atoms with Crippen molar-refractivity contribution in [3.05, 3.63) is 24.2 Å². The van der Waals surface area contributed by atoms with E-state index in [9.17, 15) is 9.59 Å². The molecule has 1 aromatic heterocycles. The predicted octanol–water partition coefficient (Wildman–Crippen LogP) is 0.793. The summed E-state index contributed by atoms with van der Waals surface area (Å²) >= 11 is 1.91. The number of rotatable bonds is 5. The van der Waals surface area contributed by atoms with Gasteiger partial charge in [-0.1, -0.05) is 0 Å². The Kier molecular flexibility index (Phi) is 5.61. The molecule has 2 aliphatic rings. The number of furan rings is 1. The summed E-state index contributed by atoms with van der Waals surface area (Å²) in [6.07, 6.45) is 2.45. The second-order valence-electron chi connectivity index (χ2n) is 6.01. The van der Waals surface area contributed by atoms with Crippen LogP contribution < -0.4 is 5.32 Å². The van der Waals surface area contributed by atoms with Crippen LogP contribution in [0.25, 0.3) is 0 Å². The van der Waals surface area contributed by atoms with Crippen LogP contribution in [0, 0.1) is 5.92 Å². The minimum absolute atomic E-state index is 0.0242. The molecule has 6 nitrogen and oxygen atoms in total. The molecular formula is C16H23N3O3S. The molecule has 3 rings (SSSR count). The molecule has 0 aliphatic carbocycles. The summed E-state index contributed by atoms with van der Waals surface area (Å²) in [6.45, 7) is 3.99. The highest BCUT2D eigenvalue weighted by molar-refractivity contribution is 7.99. The number of carbonyl (C=O) groups excluding carboxylic acids is 2. The van der Waals surface area contributed by atoms with Gasteiger partial charge in [0, 0.05) is 31.1 Å². The molecule has 126 valence electrons. The van der Waals surface area contributed by atoms with Crippen molar-refractivity contribution in [1.82, 2.24) is 15.1 Å². The van der Waals surface area contributed by atoms with Gasteiger partial charge in [0.25, 0.3) is 0 Å². The van der Waals surface area contributed by atoms with Crippen molar-refractivity contribution in [3.8, 4) is 0 Å². The van der Waals surface area contributed by atoms with Crippen LogP contribution in [-0.2, 0) is 16.1 Å². The van der Waals surface area contributed by atoms with Crippen molar-refractivity contribution in [2.24, 2.45) is 5.92 Å². The van der Waals surface area contributed by atoms with Crippen molar-refractivity contribution in [3.63, 3.8) is 0 Å². The molecule has 1 aromatic rings. The highest BCUT2D eigenvalue weighted by Gasteiger charge is 2.32. The lowest BCUT2D eigenvalue weighted by Crippen LogP contribution is -2.42. The molecular weight excluding hydrogens is 314 g/mol. The zero-order chi connectivity index (χ0) is 16.1. The van der Waals surface area contributed by atoms with Gasteiger partial charge in [0.1, 0.15) is 5.76 Å². The second-order valence-corrected chi connectivity index (χ2v) is 7.24. The van der Waals surface area contributed by atoms with E-state index >= 15 is 0 Å². The SMILES string of the molecule is O=C(CN1CCC(C(=O)N2CCSCC2)C1)NCc1ccco1. The van der Waals surface area contributed by atoms with Crippen LogP contribution in [0.5, 0.6) is 0 Å². The number of thioether (sulfide) groups is 1. The molecule has 3 heterocycles. The fraction of sp³-hybridized carbons (Fsp3) is 0.625. The molecule has 1 atom stereocenters. The maximum absolute atomic E-state index is 12.5. The van der Waals surface area contributed by atoms with Gasteiger partial charge in [-0.25, -0.2) is 0 Å². The molecule has 0 aromatic carbocycles. The van der Waals surface area contributed by atoms with Gasteiger partial charge in [-0.05, 0) is 25.1 Å². The van der Waals surface area contributed by atoms with Gasteiger partial charge in [-0.2, -0.15) is 11.8 Å². The molecule has 2 saturated heterocycles. The lowest BCUT2D eigenvalue weighted by molar-refractivity contribution is -0.135. The van der Waals surface area contributed by atoms with Crippen molar-refractivity contribution >= 4 is 23.6 Å². The third-order valence-corrected chi connectivity index (χ3v) is 5.29. The van der Waals surface area contributed by atoms with Gasteiger partial charge in [0.05, 0.1) is 25.3 Å². The van der Waals surface area contributed by atoms with E-state index in [0.717, 1.165) is 43.3 Å². The minimum Gasteiger partial charge on any atom is -0.467 e. The Balaban J connectivity index is 1.40. The van der Waals surface area contributed by atoms with E-state index < -0.39 is 0 Å². The van der Waals surface area contributed by atoms with Crippen LogP contribution >= 0.6 is 11.8 Å². The van der Waals surface area contributed by atoms with Crippen LogP contribution in [0.2, 0.25) is 0 Å². The van der Waals surface area contributed by atoms with Crippen LogP contribution in [0.4, 0.5) is 0 Å². The summed E-state index contributed by atoms with van der Waals surface area (Å²) in [4.78, 5) is 28.5. The molecule has 23 heavy (non-hydrogen) atoms. The summed E-state index contributed by atoms with van der Waals surface area (Å²) < 4.78 is 5.19. The van der Waals surface area contributed by atoms with Gasteiger partial charge >= 0.3 is 0 Å². The van der Waals surface area contributed by atoms with Gasteiger partial charge < -0.3 is 14.6 Å². The normalized spacial score (nSPS) is 22.3.